The average molecular weight is 231 g/mol. The normalized spacial score (nSPS) is 30.5. The van der Waals surface area contributed by atoms with Gasteiger partial charge in [0.15, 0.2) is 0 Å². The van der Waals surface area contributed by atoms with Crippen molar-refractivity contribution in [3.05, 3.63) is 35.4 Å². The van der Waals surface area contributed by atoms with Crippen LogP contribution in [0.5, 0.6) is 0 Å². The maximum atomic E-state index is 11.9. The standard InChI is InChI=1S/C14H17NO2/c1-17-13(16)12-8-15-9-14(12)7-6-10-4-2-3-5-11(10)14/h2-5,12,15H,6-9H2,1H3. The van der Waals surface area contributed by atoms with Crippen molar-refractivity contribution in [3.8, 4) is 0 Å². The fourth-order valence-electron chi connectivity index (χ4n) is 3.47. The predicted octanol–water partition coefficient (Wildman–Crippen LogP) is 1.26. The maximum Gasteiger partial charge on any atom is 0.310 e. The monoisotopic (exact) mass is 231 g/mol. The first-order valence-corrected chi connectivity index (χ1v) is 6.15. The summed E-state index contributed by atoms with van der Waals surface area (Å²) in [5.41, 5.74) is 2.72. The van der Waals surface area contributed by atoms with Crippen molar-refractivity contribution in [2.45, 2.75) is 18.3 Å². The molecule has 1 aromatic rings. The third-order valence-corrected chi connectivity index (χ3v) is 4.34. The van der Waals surface area contributed by atoms with Crippen molar-refractivity contribution < 1.29 is 9.53 Å². The summed E-state index contributed by atoms with van der Waals surface area (Å²) in [4.78, 5) is 11.9. The Kier molecular flexibility index (Phi) is 2.44. The van der Waals surface area contributed by atoms with E-state index in [1.54, 1.807) is 0 Å². The van der Waals surface area contributed by atoms with E-state index in [-0.39, 0.29) is 17.3 Å². The molecule has 3 nitrogen and oxygen atoms in total. The SMILES string of the molecule is COC(=O)C1CNCC12CCc1ccccc12. The van der Waals surface area contributed by atoms with Gasteiger partial charge in [-0.3, -0.25) is 4.79 Å². The van der Waals surface area contributed by atoms with E-state index < -0.39 is 0 Å². The van der Waals surface area contributed by atoms with E-state index in [0.717, 1.165) is 25.9 Å². The van der Waals surface area contributed by atoms with Crippen LogP contribution in [0.4, 0.5) is 0 Å². The smallest absolute Gasteiger partial charge is 0.310 e. The van der Waals surface area contributed by atoms with E-state index in [0.29, 0.717) is 0 Å². The van der Waals surface area contributed by atoms with Gasteiger partial charge in [-0.2, -0.15) is 0 Å². The summed E-state index contributed by atoms with van der Waals surface area (Å²) in [7, 11) is 1.48. The van der Waals surface area contributed by atoms with E-state index in [1.165, 1.54) is 18.2 Å². The van der Waals surface area contributed by atoms with Gasteiger partial charge in [-0.25, -0.2) is 0 Å². The molecule has 1 aliphatic heterocycles. The number of esters is 1. The van der Waals surface area contributed by atoms with Crippen LogP contribution in [-0.4, -0.2) is 26.2 Å². The molecule has 2 aliphatic rings. The van der Waals surface area contributed by atoms with Gasteiger partial charge in [-0.15, -0.1) is 0 Å². The lowest BCUT2D eigenvalue weighted by atomic mass is 9.73. The fraction of sp³-hybridized carbons (Fsp3) is 0.500. The molecule has 90 valence electrons. The number of carbonyl (C=O) groups is 1. The minimum absolute atomic E-state index is 0.0241. The lowest BCUT2D eigenvalue weighted by molar-refractivity contribution is -0.146. The molecular formula is C14H17NO2. The summed E-state index contributed by atoms with van der Waals surface area (Å²) in [6.07, 6.45) is 2.13. The van der Waals surface area contributed by atoms with Crippen molar-refractivity contribution in [2.75, 3.05) is 20.2 Å². The number of nitrogens with one attached hydrogen (secondary N) is 1. The topological polar surface area (TPSA) is 38.3 Å². The first-order chi connectivity index (χ1) is 8.28. The van der Waals surface area contributed by atoms with Crippen LogP contribution in [0.2, 0.25) is 0 Å². The van der Waals surface area contributed by atoms with Crippen LogP contribution in [0.3, 0.4) is 0 Å². The minimum Gasteiger partial charge on any atom is -0.469 e. The second kappa shape index (κ2) is 3.84. The third kappa shape index (κ3) is 1.42. The van der Waals surface area contributed by atoms with Crippen LogP contribution < -0.4 is 5.32 Å². The fourth-order valence-corrected chi connectivity index (χ4v) is 3.47. The summed E-state index contributed by atoms with van der Waals surface area (Å²) < 4.78 is 4.96. The van der Waals surface area contributed by atoms with Gasteiger partial charge >= 0.3 is 5.97 Å². The van der Waals surface area contributed by atoms with Gasteiger partial charge in [0.25, 0.3) is 0 Å². The molecule has 2 unspecified atom stereocenters. The van der Waals surface area contributed by atoms with E-state index in [4.69, 9.17) is 4.74 Å². The number of methoxy groups -OCH3 is 1. The largest absolute Gasteiger partial charge is 0.469 e. The van der Waals surface area contributed by atoms with Gasteiger partial charge in [0.05, 0.1) is 13.0 Å². The summed E-state index contributed by atoms with van der Waals surface area (Å²) >= 11 is 0. The average Bonchev–Trinajstić information content (AvgIpc) is 2.96. The van der Waals surface area contributed by atoms with Crippen LogP contribution in [0, 0.1) is 5.92 Å². The first kappa shape index (κ1) is 10.8. The number of fused-ring (bicyclic) bond motifs is 2. The molecule has 3 heteroatoms. The molecule has 0 aromatic heterocycles. The van der Waals surface area contributed by atoms with Crippen LogP contribution in [0.1, 0.15) is 17.5 Å². The van der Waals surface area contributed by atoms with Crippen molar-refractivity contribution >= 4 is 5.97 Å². The Morgan fingerprint density at radius 3 is 3.12 bits per heavy atom. The molecule has 1 fully saturated rings. The Balaban J connectivity index is 2.05. The predicted molar refractivity (Wildman–Crippen MR) is 64.8 cm³/mol. The lowest BCUT2D eigenvalue weighted by Crippen LogP contribution is -2.37. The number of hydrogen-bond donors (Lipinski definition) is 1. The van der Waals surface area contributed by atoms with Gasteiger partial charge in [-0.1, -0.05) is 24.3 Å². The number of benzene rings is 1. The van der Waals surface area contributed by atoms with E-state index in [2.05, 4.69) is 29.6 Å². The van der Waals surface area contributed by atoms with Gasteiger partial charge in [-0.05, 0) is 24.0 Å². The van der Waals surface area contributed by atoms with Crippen molar-refractivity contribution in [1.29, 1.82) is 0 Å². The highest BCUT2D eigenvalue weighted by atomic mass is 16.5. The van der Waals surface area contributed by atoms with Gasteiger partial charge in [0, 0.05) is 18.5 Å². The second-order valence-corrected chi connectivity index (χ2v) is 5.02. The van der Waals surface area contributed by atoms with Crippen LogP contribution in [0.15, 0.2) is 24.3 Å². The molecule has 3 rings (SSSR count). The Morgan fingerprint density at radius 2 is 2.29 bits per heavy atom. The Morgan fingerprint density at radius 1 is 1.47 bits per heavy atom. The molecule has 1 spiro atoms. The zero-order valence-corrected chi connectivity index (χ0v) is 10.0. The second-order valence-electron chi connectivity index (χ2n) is 5.02. The number of hydrogen-bond acceptors (Lipinski definition) is 3. The molecule has 1 heterocycles. The molecule has 0 amide bonds. The number of aryl methyl sites for hydroxylation is 1. The highest BCUT2D eigenvalue weighted by Gasteiger charge is 2.51. The quantitative estimate of drug-likeness (QED) is 0.740. The molecule has 1 saturated heterocycles. The highest BCUT2D eigenvalue weighted by Crippen LogP contribution is 2.46. The minimum atomic E-state index is -0.0771. The molecule has 1 N–H and O–H groups in total. The van der Waals surface area contributed by atoms with E-state index in [9.17, 15) is 4.79 Å². The van der Waals surface area contributed by atoms with Crippen LogP contribution >= 0.6 is 0 Å². The van der Waals surface area contributed by atoms with Gasteiger partial charge in [0.1, 0.15) is 0 Å². The summed E-state index contributed by atoms with van der Waals surface area (Å²) in [6.45, 7) is 1.63. The highest BCUT2D eigenvalue weighted by molar-refractivity contribution is 5.76. The molecule has 0 radical (unpaired) electrons. The number of ether oxygens (including phenoxy) is 1. The molecule has 1 aromatic carbocycles. The lowest BCUT2D eigenvalue weighted by Gasteiger charge is -2.29. The summed E-state index contributed by atoms with van der Waals surface area (Å²) in [5, 5.41) is 3.36. The molecule has 0 saturated carbocycles. The summed E-state index contributed by atoms with van der Waals surface area (Å²) in [5.74, 6) is -0.108. The summed E-state index contributed by atoms with van der Waals surface area (Å²) in [6, 6.07) is 8.49. The van der Waals surface area contributed by atoms with Gasteiger partial charge in [0.2, 0.25) is 0 Å². The molecule has 17 heavy (non-hydrogen) atoms. The first-order valence-electron chi connectivity index (χ1n) is 6.15. The molecular weight excluding hydrogens is 214 g/mol. The van der Waals surface area contributed by atoms with E-state index in [1.807, 2.05) is 0 Å². The maximum absolute atomic E-state index is 11.9. The van der Waals surface area contributed by atoms with Crippen LogP contribution in [-0.2, 0) is 21.4 Å². The van der Waals surface area contributed by atoms with Gasteiger partial charge < -0.3 is 10.1 Å². The Labute approximate surface area is 101 Å². The number of carbonyl (C=O) groups excluding carboxylic acids is 1. The molecule has 1 aliphatic carbocycles. The zero-order valence-electron chi connectivity index (χ0n) is 10.0. The number of rotatable bonds is 1. The van der Waals surface area contributed by atoms with E-state index >= 15 is 0 Å². The third-order valence-electron chi connectivity index (χ3n) is 4.34. The Bertz CT molecular complexity index is 457. The zero-order chi connectivity index (χ0) is 11.9. The Hall–Kier alpha value is -1.35. The molecule has 0 bridgehead atoms. The van der Waals surface area contributed by atoms with Crippen molar-refractivity contribution in [2.24, 2.45) is 5.92 Å². The van der Waals surface area contributed by atoms with Crippen LogP contribution in [0.25, 0.3) is 0 Å². The van der Waals surface area contributed by atoms with Crippen molar-refractivity contribution in [1.82, 2.24) is 5.32 Å². The van der Waals surface area contributed by atoms with Crippen molar-refractivity contribution in [3.63, 3.8) is 0 Å². The molecule has 2 atom stereocenters.